The number of aromatic nitrogens is 1. The number of ether oxygens (including phenoxy) is 1. The van der Waals surface area contributed by atoms with Gasteiger partial charge in [-0.25, -0.2) is 0 Å². The molecule has 0 unspecified atom stereocenters. The monoisotopic (exact) mass is 267 g/mol. The molecule has 1 N–H and O–H groups in total. The molecule has 6 nitrogen and oxygen atoms in total. The second-order valence-electron chi connectivity index (χ2n) is 4.29. The Morgan fingerprint density at radius 2 is 2.05 bits per heavy atom. The molecular weight excluding hydrogens is 246 g/mol. The second-order valence-corrected chi connectivity index (χ2v) is 4.29. The third kappa shape index (κ3) is 5.11. The molecule has 19 heavy (non-hydrogen) atoms. The van der Waals surface area contributed by atoms with Gasteiger partial charge in [0.05, 0.1) is 11.5 Å². The molecule has 1 aromatic rings. The summed E-state index contributed by atoms with van der Waals surface area (Å²) in [6.45, 7) is 2.62. The number of rotatable bonds is 9. The molecule has 0 aliphatic rings. The van der Waals surface area contributed by atoms with Crippen LogP contribution >= 0.6 is 0 Å². The molecule has 0 aliphatic heterocycles. The molecule has 0 radical (unpaired) electrons. The first-order valence-corrected chi connectivity index (χ1v) is 6.65. The summed E-state index contributed by atoms with van der Waals surface area (Å²) in [6.07, 6.45) is 5.55. The standard InChI is InChI=1S/C13H21N3O3/c1-3-4-5-6-7-10-19-13-11(16(17)18)8-9-12(14-2)15-13/h8-9H,3-7,10H2,1-2H3,(H,14,15). The average molecular weight is 267 g/mol. The zero-order valence-electron chi connectivity index (χ0n) is 11.5. The smallest absolute Gasteiger partial charge is 0.331 e. The van der Waals surface area contributed by atoms with E-state index >= 15 is 0 Å². The summed E-state index contributed by atoms with van der Waals surface area (Å²) in [5, 5.41) is 13.7. The molecule has 0 bridgehead atoms. The molecule has 0 saturated carbocycles. The van der Waals surface area contributed by atoms with Crippen LogP contribution in [0.2, 0.25) is 0 Å². The van der Waals surface area contributed by atoms with Gasteiger partial charge in [0, 0.05) is 13.1 Å². The number of hydrogen-bond acceptors (Lipinski definition) is 5. The van der Waals surface area contributed by atoms with Gasteiger partial charge in [-0.3, -0.25) is 10.1 Å². The third-order valence-corrected chi connectivity index (χ3v) is 2.78. The van der Waals surface area contributed by atoms with Gasteiger partial charge in [0.15, 0.2) is 0 Å². The van der Waals surface area contributed by atoms with Gasteiger partial charge in [-0.1, -0.05) is 32.6 Å². The summed E-state index contributed by atoms with van der Waals surface area (Å²) in [6, 6.07) is 2.97. The van der Waals surface area contributed by atoms with Gasteiger partial charge in [-0.15, -0.1) is 0 Å². The third-order valence-electron chi connectivity index (χ3n) is 2.78. The van der Waals surface area contributed by atoms with E-state index in [2.05, 4.69) is 17.2 Å². The highest BCUT2D eigenvalue weighted by Crippen LogP contribution is 2.26. The van der Waals surface area contributed by atoms with Crippen LogP contribution in [0.3, 0.4) is 0 Å². The number of anilines is 1. The van der Waals surface area contributed by atoms with Gasteiger partial charge in [0.2, 0.25) is 0 Å². The van der Waals surface area contributed by atoms with Crippen LogP contribution in [0.15, 0.2) is 12.1 Å². The molecular formula is C13H21N3O3. The van der Waals surface area contributed by atoms with E-state index in [1.807, 2.05) is 0 Å². The fourth-order valence-electron chi connectivity index (χ4n) is 1.69. The van der Waals surface area contributed by atoms with E-state index in [4.69, 9.17) is 4.74 Å². The minimum atomic E-state index is -0.473. The number of nitrogens with zero attached hydrogens (tertiary/aromatic N) is 2. The normalized spacial score (nSPS) is 10.2. The largest absolute Gasteiger partial charge is 0.473 e. The number of hydrogen-bond donors (Lipinski definition) is 1. The fraction of sp³-hybridized carbons (Fsp3) is 0.615. The predicted octanol–water partition coefficient (Wildman–Crippen LogP) is 3.38. The van der Waals surface area contributed by atoms with E-state index in [9.17, 15) is 10.1 Å². The van der Waals surface area contributed by atoms with E-state index in [-0.39, 0.29) is 11.6 Å². The quantitative estimate of drug-likeness (QED) is 0.421. The molecule has 1 heterocycles. The molecule has 0 saturated heterocycles. The zero-order chi connectivity index (χ0) is 14.1. The van der Waals surface area contributed by atoms with Crippen LogP contribution < -0.4 is 10.1 Å². The minimum Gasteiger partial charge on any atom is -0.473 e. The van der Waals surface area contributed by atoms with Gasteiger partial charge in [0.1, 0.15) is 5.82 Å². The maximum absolute atomic E-state index is 10.9. The van der Waals surface area contributed by atoms with Crippen molar-refractivity contribution in [3.05, 3.63) is 22.2 Å². The second kappa shape index (κ2) is 8.29. The first-order chi connectivity index (χ1) is 9.19. The van der Waals surface area contributed by atoms with Crippen LogP contribution in [0.1, 0.15) is 39.0 Å². The average Bonchev–Trinajstić information content (AvgIpc) is 2.42. The van der Waals surface area contributed by atoms with Crippen molar-refractivity contribution in [3.63, 3.8) is 0 Å². The van der Waals surface area contributed by atoms with Crippen molar-refractivity contribution in [2.75, 3.05) is 19.0 Å². The molecule has 0 aliphatic carbocycles. The van der Waals surface area contributed by atoms with Crippen molar-refractivity contribution >= 4 is 11.5 Å². The Bertz CT molecular complexity index is 410. The first kappa shape index (κ1) is 15.2. The van der Waals surface area contributed by atoms with E-state index < -0.39 is 4.92 Å². The van der Waals surface area contributed by atoms with Crippen LogP contribution in [0.5, 0.6) is 5.88 Å². The molecule has 0 atom stereocenters. The number of nitrogens with one attached hydrogen (secondary N) is 1. The van der Waals surface area contributed by atoms with E-state index in [0.29, 0.717) is 12.4 Å². The number of pyridine rings is 1. The van der Waals surface area contributed by atoms with Crippen molar-refractivity contribution in [2.45, 2.75) is 39.0 Å². The number of nitro groups is 1. The molecule has 0 spiro atoms. The van der Waals surface area contributed by atoms with Crippen LogP contribution in [0, 0.1) is 10.1 Å². The van der Waals surface area contributed by atoms with E-state index in [1.165, 1.54) is 25.3 Å². The highest BCUT2D eigenvalue weighted by molar-refractivity contribution is 5.48. The van der Waals surface area contributed by atoms with Gasteiger partial charge >= 0.3 is 5.69 Å². The predicted molar refractivity (Wildman–Crippen MR) is 74.7 cm³/mol. The Kier molecular flexibility index (Phi) is 6.63. The van der Waals surface area contributed by atoms with Crippen molar-refractivity contribution in [3.8, 4) is 5.88 Å². The lowest BCUT2D eigenvalue weighted by Crippen LogP contribution is -2.04. The SMILES string of the molecule is CCCCCCCOc1nc(NC)ccc1[N+](=O)[O-]. The maximum Gasteiger partial charge on any atom is 0.331 e. The van der Waals surface area contributed by atoms with Gasteiger partial charge in [-0.05, 0) is 12.5 Å². The Hall–Kier alpha value is -1.85. The molecule has 0 aromatic carbocycles. The Balaban J connectivity index is 2.52. The van der Waals surface area contributed by atoms with Crippen LogP contribution in [-0.4, -0.2) is 23.6 Å². The Morgan fingerprint density at radius 1 is 1.32 bits per heavy atom. The Labute approximate surface area is 113 Å². The van der Waals surface area contributed by atoms with Crippen molar-refractivity contribution in [1.82, 2.24) is 4.98 Å². The van der Waals surface area contributed by atoms with Gasteiger partial charge in [-0.2, -0.15) is 4.98 Å². The van der Waals surface area contributed by atoms with Gasteiger partial charge < -0.3 is 10.1 Å². The highest BCUT2D eigenvalue weighted by atomic mass is 16.6. The summed E-state index contributed by atoms with van der Waals surface area (Å²) >= 11 is 0. The zero-order valence-corrected chi connectivity index (χ0v) is 11.5. The summed E-state index contributed by atoms with van der Waals surface area (Å²) < 4.78 is 5.43. The highest BCUT2D eigenvalue weighted by Gasteiger charge is 2.17. The molecule has 1 rings (SSSR count). The van der Waals surface area contributed by atoms with Crippen molar-refractivity contribution < 1.29 is 9.66 Å². The van der Waals surface area contributed by atoms with Crippen LogP contribution in [0.4, 0.5) is 11.5 Å². The Morgan fingerprint density at radius 3 is 2.68 bits per heavy atom. The molecule has 106 valence electrons. The summed E-state index contributed by atoms with van der Waals surface area (Å²) in [7, 11) is 1.71. The van der Waals surface area contributed by atoms with E-state index in [0.717, 1.165) is 12.8 Å². The minimum absolute atomic E-state index is 0.0901. The topological polar surface area (TPSA) is 77.3 Å². The lowest BCUT2D eigenvalue weighted by molar-refractivity contribution is -0.386. The fourth-order valence-corrected chi connectivity index (χ4v) is 1.69. The first-order valence-electron chi connectivity index (χ1n) is 6.65. The maximum atomic E-state index is 10.9. The molecule has 0 fully saturated rings. The molecule has 0 amide bonds. The van der Waals surface area contributed by atoms with Crippen molar-refractivity contribution in [1.29, 1.82) is 0 Å². The van der Waals surface area contributed by atoms with Crippen LogP contribution in [-0.2, 0) is 0 Å². The van der Waals surface area contributed by atoms with Gasteiger partial charge in [0.25, 0.3) is 5.88 Å². The van der Waals surface area contributed by atoms with E-state index in [1.54, 1.807) is 13.1 Å². The lowest BCUT2D eigenvalue weighted by atomic mass is 10.2. The van der Waals surface area contributed by atoms with Crippen molar-refractivity contribution in [2.24, 2.45) is 0 Å². The summed E-state index contributed by atoms with van der Waals surface area (Å²) in [5.74, 6) is 0.652. The lowest BCUT2D eigenvalue weighted by Gasteiger charge is -2.07. The summed E-state index contributed by atoms with van der Waals surface area (Å²) in [4.78, 5) is 14.5. The van der Waals surface area contributed by atoms with Crippen LogP contribution in [0.25, 0.3) is 0 Å². The molecule has 6 heteroatoms. The summed E-state index contributed by atoms with van der Waals surface area (Å²) in [5.41, 5.74) is -0.0902. The molecule has 1 aromatic heterocycles. The number of unbranched alkanes of at least 4 members (excludes halogenated alkanes) is 4.